The van der Waals surface area contributed by atoms with Gasteiger partial charge in [0.15, 0.2) is 6.61 Å². The first-order valence-corrected chi connectivity index (χ1v) is 10.6. The van der Waals surface area contributed by atoms with E-state index in [1.54, 1.807) is 12.1 Å². The smallest absolute Gasteiger partial charge is 0.422 e. The molecule has 0 bridgehead atoms. The summed E-state index contributed by atoms with van der Waals surface area (Å²) in [4.78, 5) is 18.8. The number of fused-ring (bicyclic) bond motifs is 1. The van der Waals surface area contributed by atoms with E-state index in [0.717, 1.165) is 26.0 Å². The number of ether oxygens (including phenoxy) is 1. The third-order valence-corrected chi connectivity index (χ3v) is 5.69. The van der Waals surface area contributed by atoms with Gasteiger partial charge in [-0.1, -0.05) is 24.3 Å². The van der Waals surface area contributed by atoms with Crippen molar-refractivity contribution in [3.05, 3.63) is 77.5 Å². The lowest BCUT2D eigenvalue weighted by Crippen LogP contribution is -2.40. The molecule has 5 nitrogen and oxygen atoms in total. The largest absolute Gasteiger partial charge is 0.483 e. The lowest BCUT2D eigenvalue weighted by atomic mass is 9.93. The minimum atomic E-state index is -4.53. The zero-order chi connectivity index (χ0) is 25.6. The maximum atomic E-state index is 14.5. The van der Waals surface area contributed by atoms with Crippen LogP contribution < -0.4 is 9.64 Å². The van der Waals surface area contributed by atoms with Gasteiger partial charge in [-0.05, 0) is 44.2 Å². The first kappa shape index (κ1) is 24.6. The maximum absolute atomic E-state index is 14.5. The van der Waals surface area contributed by atoms with Crippen LogP contribution in [0.1, 0.15) is 35.3 Å². The summed E-state index contributed by atoms with van der Waals surface area (Å²) in [7, 11) is 0. The van der Waals surface area contributed by atoms with E-state index >= 15 is 0 Å². The summed E-state index contributed by atoms with van der Waals surface area (Å²) in [6.45, 7) is 0.566. The van der Waals surface area contributed by atoms with E-state index in [2.05, 4.69) is 4.98 Å². The Balaban J connectivity index is 1.66. The molecule has 0 fully saturated rings. The van der Waals surface area contributed by atoms with E-state index in [-0.39, 0.29) is 12.3 Å². The Kier molecular flexibility index (Phi) is 6.04. The van der Waals surface area contributed by atoms with E-state index in [9.17, 15) is 31.9 Å². The number of halogens is 5. The number of hydrogen-bond acceptors (Lipinski definition) is 4. The van der Waals surface area contributed by atoms with Crippen LogP contribution in [0.25, 0.3) is 11.3 Å². The Morgan fingerprint density at radius 2 is 1.63 bits per heavy atom. The second kappa shape index (κ2) is 8.60. The average Bonchev–Trinajstić information content (AvgIpc) is 3.13. The topological polar surface area (TPSA) is 62.7 Å². The molecule has 1 N–H and O–H groups in total. The predicted molar refractivity (Wildman–Crippen MR) is 118 cm³/mol. The van der Waals surface area contributed by atoms with E-state index in [1.807, 2.05) is 0 Å². The molecular weight excluding hydrogens is 471 g/mol. The monoisotopic (exact) mass is 492 g/mol. The molecule has 4 rings (SSSR count). The highest BCUT2D eigenvalue weighted by Gasteiger charge is 2.47. The van der Waals surface area contributed by atoms with Gasteiger partial charge in [0.2, 0.25) is 0 Å². The van der Waals surface area contributed by atoms with Gasteiger partial charge in [-0.2, -0.15) is 22.0 Å². The molecule has 0 radical (unpaired) electrons. The number of rotatable bonds is 6. The van der Waals surface area contributed by atoms with Crippen LogP contribution in [0.15, 0.2) is 60.8 Å². The molecule has 0 saturated heterocycles. The predicted octanol–water partition coefficient (Wildman–Crippen LogP) is 5.71. The fraction of sp³-hybridized carbons (Fsp3) is 0.280. The Hall–Kier alpha value is -3.53. The van der Waals surface area contributed by atoms with Crippen LogP contribution in [-0.4, -0.2) is 34.4 Å². The number of carbonyl (C=O) groups excluding carboxylic acids is 1. The number of nitrogens with zero attached hydrogens (tertiary/aromatic N) is 2. The second-order valence-corrected chi connectivity index (χ2v) is 8.66. The molecule has 0 atom stereocenters. The van der Waals surface area contributed by atoms with Crippen molar-refractivity contribution >= 4 is 11.6 Å². The van der Waals surface area contributed by atoms with Crippen LogP contribution in [0.2, 0.25) is 0 Å². The fourth-order valence-electron chi connectivity index (χ4n) is 3.82. The van der Waals surface area contributed by atoms with Crippen LogP contribution >= 0.6 is 0 Å². The van der Waals surface area contributed by atoms with Crippen molar-refractivity contribution in [2.24, 2.45) is 0 Å². The van der Waals surface area contributed by atoms with E-state index < -0.39 is 35.8 Å². The van der Waals surface area contributed by atoms with Crippen LogP contribution in [-0.2, 0) is 12.5 Å². The Morgan fingerprint density at radius 3 is 2.26 bits per heavy atom. The van der Waals surface area contributed by atoms with Gasteiger partial charge in [0.05, 0.1) is 12.2 Å². The molecule has 0 unspecified atom stereocenters. The third kappa shape index (κ3) is 4.70. The number of pyridine rings is 1. The fourth-order valence-corrected chi connectivity index (χ4v) is 3.82. The van der Waals surface area contributed by atoms with Crippen molar-refractivity contribution in [1.29, 1.82) is 0 Å². The van der Waals surface area contributed by atoms with Gasteiger partial charge >= 0.3 is 12.1 Å². The molecule has 1 aliphatic rings. The number of para-hydroxylation sites is 1. The lowest BCUT2D eigenvalue weighted by molar-refractivity contribution is -0.168. The molecule has 1 aliphatic heterocycles. The summed E-state index contributed by atoms with van der Waals surface area (Å²) in [5.41, 5.74) is -0.983. The summed E-state index contributed by atoms with van der Waals surface area (Å²) in [5, 5.41) is 9.79. The molecule has 35 heavy (non-hydrogen) atoms. The van der Waals surface area contributed by atoms with Gasteiger partial charge in [-0.3, -0.25) is 9.78 Å². The molecule has 2 aromatic carbocycles. The van der Waals surface area contributed by atoms with Gasteiger partial charge in [0.1, 0.15) is 11.4 Å². The van der Waals surface area contributed by atoms with Crippen molar-refractivity contribution in [3.8, 4) is 17.0 Å². The molecule has 1 aromatic heterocycles. The van der Waals surface area contributed by atoms with E-state index in [4.69, 9.17) is 4.74 Å². The molecule has 2 heterocycles. The third-order valence-electron chi connectivity index (χ3n) is 5.69. The number of alkyl halides is 5. The van der Waals surface area contributed by atoms with Gasteiger partial charge < -0.3 is 14.7 Å². The number of amides is 1. The SMILES string of the molecule is CC(C)(O)C(F)(F)c1ccc(N2Cc3c(ccnc3-c3ccccc3OCC(F)(F)F)C2=O)cc1. The number of aliphatic hydroxyl groups is 1. The highest BCUT2D eigenvalue weighted by atomic mass is 19.4. The first-order chi connectivity index (χ1) is 16.3. The van der Waals surface area contributed by atoms with E-state index in [0.29, 0.717) is 28.1 Å². The van der Waals surface area contributed by atoms with E-state index in [1.165, 1.54) is 41.4 Å². The van der Waals surface area contributed by atoms with Crippen LogP contribution in [0.5, 0.6) is 5.75 Å². The molecular formula is C25H21F5N2O3. The van der Waals surface area contributed by atoms with Crippen molar-refractivity contribution in [2.45, 2.75) is 38.1 Å². The van der Waals surface area contributed by atoms with Crippen molar-refractivity contribution in [2.75, 3.05) is 11.5 Å². The standard InChI is InChI=1S/C25H21F5N2O3/c1-23(2,34)25(29,30)15-7-9-16(10-8-15)32-13-19-17(22(32)33)11-12-31-21(19)18-5-3-4-6-20(18)35-14-24(26,27)28/h3-12,34H,13-14H2,1-2H3. The van der Waals surface area contributed by atoms with Gasteiger partial charge in [0.25, 0.3) is 5.91 Å². The quantitative estimate of drug-likeness (QED) is 0.448. The zero-order valence-corrected chi connectivity index (χ0v) is 18.7. The number of aromatic nitrogens is 1. The number of hydrogen-bond donors (Lipinski definition) is 1. The molecule has 184 valence electrons. The molecule has 10 heteroatoms. The van der Waals surface area contributed by atoms with Crippen LogP contribution in [0.4, 0.5) is 27.6 Å². The molecule has 3 aromatic rings. The first-order valence-electron chi connectivity index (χ1n) is 10.6. The Morgan fingerprint density at radius 1 is 0.971 bits per heavy atom. The minimum absolute atomic E-state index is 0.0326. The normalized spacial score (nSPS) is 14.3. The van der Waals surface area contributed by atoms with Crippen LogP contribution in [0.3, 0.4) is 0 Å². The maximum Gasteiger partial charge on any atom is 0.422 e. The zero-order valence-electron chi connectivity index (χ0n) is 18.7. The average molecular weight is 492 g/mol. The molecule has 0 saturated carbocycles. The van der Waals surface area contributed by atoms with Crippen molar-refractivity contribution in [3.63, 3.8) is 0 Å². The highest BCUT2D eigenvalue weighted by molar-refractivity contribution is 6.11. The molecule has 0 spiro atoms. The summed E-state index contributed by atoms with van der Waals surface area (Å²) < 4.78 is 72.0. The molecule has 0 aliphatic carbocycles. The lowest BCUT2D eigenvalue weighted by Gasteiger charge is -2.29. The second-order valence-electron chi connectivity index (χ2n) is 8.66. The summed E-state index contributed by atoms with van der Waals surface area (Å²) in [6, 6.07) is 12.6. The summed E-state index contributed by atoms with van der Waals surface area (Å²) in [6.07, 6.45) is -3.15. The number of carbonyl (C=O) groups is 1. The molecule has 1 amide bonds. The Bertz CT molecular complexity index is 1250. The summed E-state index contributed by atoms with van der Waals surface area (Å²) >= 11 is 0. The number of benzene rings is 2. The van der Waals surface area contributed by atoms with Crippen LogP contribution in [0, 0.1) is 0 Å². The van der Waals surface area contributed by atoms with Crippen molar-refractivity contribution < 1.29 is 36.6 Å². The number of anilines is 1. The minimum Gasteiger partial charge on any atom is -0.483 e. The summed E-state index contributed by atoms with van der Waals surface area (Å²) in [5.74, 6) is -3.95. The Labute approximate surface area is 197 Å². The van der Waals surface area contributed by atoms with Gasteiger partial charge in [0, 0.05) is 34.1 Å². The van der Waals surface area contributed by atoms with Gasteiger partial charge in [-0.15, -0.1) is 0 Å². The highest BCUT2D eigenvalue weighted by Crippen LogP contribution is 2.41. The van der Waals surface area contributed by atoms with Crippen molar-refractivity contribution in [1.82, 2.24) is 4.98 Å². The van der Waals surface area contributed by atoms with Gasteiger partial charge in [-0.25, -0.2) is 0 Å².